The molecule has 1 aromatic carbocycles. The molecule has 0 aliphatic heterocycles. The third-order valence-electron chi connectivity index (χ3n) is 5.39. The van der Waals surface area contributed by atoms with Gasteiger partial charge in [-0.25, -0.2) is 14.2 Å². The van der Waals surface area contributed by atoms with Crippen LogP contribution in [0.3, 0.4) is 0 Å². The first kappa shape index (κ1) is 25.8. The molecule has 172 valence electrons. The molecular formula is C25H31IN2O4. The van der Waals surface area contributed by atoms with Crippen molar-refractivity contribution >= 4 is 22.8 Å². The fraction of sp³-hybridized carbons (Fsp3) is 0.400. The van der Waals surface area contributed by atoms with E-state index in [1.54, 1.807) is 12.3 Å². The third-order valence-corrected chi connectivity index (χ3v) is 5.39. The number of esters is 2. The molecule has 2 heterocycles. The molecule has 0 saturated heterocycles. The summed E-state index contributed by atoms with van der Waals surface area (Å²) in [6.45, 7) is 1.25. The monoisotopic (exact) mass is 550 g/mol. The van der Waals surface area contributed by atoms with Crippen LogP contribution in [-0.2, 0) is 23.1 Å². The number of ether oxygens (including phenoxy) is 2. The van der Waals surface area contributed by atoms with Crippen molar-refractivity contribution < 1.29 is 47.6 Å². The highest BCUT2D eigenvalue weighted by Crippen LogP contribution is 2.21. The molecule has 3 rings (SSSR count). The standard InChI is InChI=1S/C25H31N2O4.HI/c1-26-15-11-13-21(19-26)24(28)31-17-10-6-4-3-5-9-16-27-22-14-8-7-12-20(22)18-23(27)25(29)30-2;/h7-8,11-15,18-19H,3-6,9-10,16-17H2,1-2H3;1H/q+1;/p-1. The highest BCUT2D eigenvalue weighted by atomic mass is 127. The van der Waals surface area contributed by atoms with Gasteiger partial charge >= 0.3 is 11.9 Å². The van der Waals surface area contributed by atoms with Gasteiger partial charge < -0.3 is 38.0 Å². The molecule has 0 amide bonds. The van der Waals surface area contributed by atoms with Gasteiger partial charge in [0, 0.05) is 23.5 Å². The molecule has 0 fully saturated rings. The number of methoxy groups -OCH3 is 1. The average Bonchev–Trinajstić information content (AvgIpc) is 3.16. The number of hydrogen-bond acceptors (Lipinski definition) is 4. The number of carbonyl (C=O) groups is 2. The van der Waals surface area contributed by atoms with Crippen LogP contribution >= 0.6 is 0 Å². The number of aromatic nitrogens is 2. The van der Waals surface area contributed by atoms with Crippen molar-refractivity contribution in [1.82, 2.24) is 4.57 Å². The van der Waals surface area contributed by atoms with E-state index in [9.17, 15) is 9.59 Å². The lowest BCUT2D eigenvalue weighted by molar-refractivity contribution is -0.671. The number of para-hydroxylation sites is 1. The quantitative estimate of drug-likeness (QED) is 0.157. The minimum Gasteiger partial charge on any atom is -1.00 e. The zero-order valence-corrected chi connectivity index (χ0v) is 20.9. The second-order valence-electron chi connectivity index (χ2n) is 7.75. The molecule has 6 nitrogen and oxygen atoms in total. The number of hydrogen-bond donors (Lipinski definition) is 0. The Hall–Kier alpha value is -2.42. The molecule has 0 aliphatic carbocycles. The van der Waals surface area contributed by atoms with Crippen molar-refractivity contribution in [3.05, 3.63) is 66.1 Å². The first-order valence-electron chi connectivity index (χ1n) is 10.9. The number of rotatable bonds is 11. The van der Waals surface area contributed by atoms with Gasteiger partial charge in [-0.1, -0.05) is 43.9 Å². The highest BCUT2D eigenvalue weighted by molar-refractivity contribution is 5.95. The van der Waals surface area contributed by atoms with Crippen LogP contribution in [0.5, 0.6) is 0 Å². The van der Waals surface area contributed by atoms with Gasteiger partial charge in [0.25, 0.3) is 0 Å². The van der Waals surface area contributed by atoms with Gasteiger partial charge in [0.2, 0.25) is 0 Å². The van der Waals surface area contributed by atoms with Gasteiger partial charge in [-0.15, -0.1) is 0 Å². The lowest BCUT2D eigenvalue weighted by atomic mass is 10.1. The molecule has 0 N–H and O–H groups in total. The van der Waals surface area contributed by atoms with Crippen LogP contribution in [0.25, 0.3) is 10.9 Å². The van der Waals surface area contributed by atoms with E-state index in [1.165, 1.54) is 7.11 Å². The van der Waals surface area contributed by atoms with Crippen LogP contribution in [0.1, 0.15) is 59.4 Å². The van der Waals surface area contributed by atoms with E-state index in [4.69, 9.17) is 9.47 Å². The number of aryl methyl sites for hydroxylation is 2. The summed E-state index contributed by atoms with van der Waals surface area (Å²) in [5.74, 6) is -0.563. The Kier molecular flexibility index (Phi) is 10.7. The van der Waals surface area contributed by atoms with E-state index in [1.807, 2.05) is 54.2 Å². The lowest BCUT2D eigenvalue weighted by Gasteiger charge is -2.09. The van der Waals surface area contributed by atoms with E-state index in [-0.39, 0.29) is 35.9 Å². The van der Waals surface area contributed by atoms with E-state index < -0.39 is 0 Å². The van der Waals surface area contributed by atoms with Crippen molar-refractivity contribution in [2.75, 3.05) is 13.7 Å². The second kappa shape index (κ2) is 13.2. The smallest absolute Gasteiger partial charge is 0.354 e. The van der Waals surface area contributed by atoms with E-state index in [0.29, 0.717) is 17.9 Å². The maximum absolute atomic E-state index is 12.1. The Morgan fingerprint density at radius 2 is 1.66 bits per heavy atom. The van der Waals surface area contributed by atoms with Crippen LogP contribution in [0.4, 0.5) is 0 Å². The van der Waals surface area contributed by atoms with Crippen molar-refractivity contribution in [2.45, 2.75) is 45.1 Å². The summed E-state index contributed by atoms with van der Waals surface area (Å²) in [6, 6.07) is 13.5. The van der Waals surface area contributed by atoms with E-state index in [0.717, 1.165) is 56.0 Å². The Labute approximate surface area is 206 Å². The van der Waals surface area contributed by atoms with Crippen LogP contribution in [-0.4, -0.2) is 30.2 Å². The maximum Gasteiger partial charge on any atom is 0.354 e. The summed E-state index contributed by atoms with van der Waals surface area (Å²) in [7, 11) is 3.30. The molecule has 0 atom stereocenters. The molecule has 0 bridgehead atoms. The van der Waals surface area contributed by atoms with Crippen LogP contribution < -0.4 is 28.5 Å². The number of halogens is 1. The van der Waals surface area contributed by atoms with Crippen molar-refractivity contribution in [3.63, 3.8) is 0 Å². The Morgan fingerprint density at radius 1 is 0.938 bits per heavy atom. The summed E-state index contributed by atoms with van der Waals surface area (Å²) in [6.07, 6.45) is 9.88. The third kappa shape index (κ3) is 7.05. The number of pyridine rings is 1. The molecule has 32 heavy (non-hydrogen) atoms. The molecule has 0 unspecified atom stereocenters. The van der Waals surface area contributed by atoms with Crippen LogP contribution in [0.15, 0.2) is 54.9 Å². The summed E-state index contributed by atoms with van der Waals surface area (Å²) in [5.41, 5.74) is 2.25. The van der Waals surface area contributed by atoms with Crippen molar-refractivity contribution in [2.24, 2.45) is 7.05 Å². The zero-order chi connectivity index (χ0) is 22.1. The lowest BCUT2D eigenvalue weighted by Crippen LogP contribution is -3.00. The predicted molar refractivity (Wildman–Crippen MR) is 119 cm³/mol. The first-order valence-corrected chi connectivity index (χ1v) is 10.9. The predicted octanol–water partition coefficient (Wildman–Crippen LogP) is 1.45. The van der Waals surface area contributed by atoms with Gasteiger partial charge in [-0.2, -0.15) is 0 Å². The largest absolute Gasteiger partial charge is 1.00 e. The molecular weight excluding hydrogens is 519 g/mol. The van der Waals surface area contributed by atoms with Gasteiger partial charge in [-0.05, 0) is 31.0 Å². The second-order valence-corrected chi connectivity index (χ2v) is 7.75. The maximum atomic E-state index is 12.1. The molecule has 7 heteroatoms. The molecule has 0 aliphatic rings. The van der Waals surface area contributed by atoms with Crippen molar-refractivity contribution in [1.29, 1.82) is 0 Å². The molecule has 0 radical (unpaired) electrons. The first-order chi connectivity index (χ1) is 15.1. The summed E-state index contributed by atoms with van der Waals surface area (Å²) < 4.78 is 14.2. The summed E-state index contributed by atoms with van der Waals surface area (Å²) in [4.78, 5) is 24.1. The fourth-order valence-corrected chi connectivity index (χ4v) is 3.76. The topological polar surface area (TPSA) is 61.4 Å². The fourth-order valence-electron chi connectivity index (χ4n) is 3.76. The normalized spacial score (nSPS) is 10.6. The number of fused-ring (bicyclic) bond motifs is 1. The highest BCUT2D eigenvalue weighted by Gasteiger charge is 2.15. The van der Waals surface area contributed by atoms with Gasteiger partial charge in [0.1, 0.15) is 18.3 Å². The SMILES string of the molecule is COC(=O)c1cc2ccccc2n1CCCCCCCCOC(=O)c1ccc[n+](C)c1.[I-]. The zero-order valence-electron chi connectivity index (χ0n) is 18.8. The Bertz CT molecular complexity index is 1030. The number of unbranched alkanes of at least 4 members (excludes halogenated alkanes) is 5. The number of nitrogens with zero attached hydrogens (tertiary/aromatic N) is 2. The van der Waals surface area contributed by atoms with Crippen LogP contribution in [0, 0.1) is 0 Å². The van der Waals surface area contributed by atoms with E-state index in [2.05, 4.69) is 4.57 Å². The van der Waals surface area contributed by atoms with Gasteiger partial charge in [0.15, 0.2) is 12.4 Å². The Morgan fingerprint density at radius 3 is 2.41 bits per heavy atom. The minimum atomic E-state index is -0.296. The molecule has 2 aromatic heterocycles. The molecule has 3 aromatic rings. The van der Waals surface area contributed by atoms with Crippen LogP contribution in [0.2, 0.25) is 0 Å². The van der Waals surface area contributed by atoms with E-state index >= 15 is 0 Å². The van der Waals surface area contributed by atoms with Gasteiger partial charge in [-0.3, -0.25) is 0 Å². The average molecular weight is 550 g/mol. The summed E-state index contributed by atoms with van der Waals surface area (Å²) in [5, 5.41) is 1.06. The number of benzene rings is 1. The van der Waals surface area contributed by atoms with Crippen molar-refractivity contribution in [3.8, 4) is 0 Å². The Balaban J connectivity index is 0.00000363. The summed E-state index contributed by atoms with van der Waals surface area (Å²) >= 11 is 0. The molecule has 0 spiro atoms. The minimum absolute atomic E-state index is 0. The number of carbonyl (C=O) groups excluding carboxylic acids is 2. The van der Waals surface area contributed by atoms with Gasteiger partial charge in [0.05, 0.1) is 13.7 Å². The molecule has 0 saturated carbocycles.